The van der Waals surface area contributed by atoms with Crippen LogP contribution < -0.4 is 5.32 Å². The second kappa shape index (κ2) is 8.32. The van der Waals surface area contributed by atoms with Gasteiger partial charge in [0.2, 0.25) is 0 Å². The molecule has 4 nitrogen and oxygen atoms in total. The first-order chi connectivity index (χ1) is 13.1. The van der Waals surface area contributed by atoms with Crippen LogP contribution >= 0.6 is 0 Å². The van der Waals surface area contributed by atoms with E-state index in [1.807, 2.05) is 61.5 Å². The lowest BCUT2D eigenvalue weighted by molar-refractivity contribution is 0.0600. The molecule has 0 heterocycles. The topological polar surface area (TPSA) is 55.4 Å². The van der Waals surface area contributed by atoms with E-state index in [2.05, 4.69) is 5.32 Å². The molecule has 0 unspecified atom stereocenters. The van der Waals surface area contributed by atoms with Crippen LogP contribution in [0, 0.1) is 6.92 Å². The fraction of sp³-hybridized carbons (Fsp3) is 0.130. The van der Waals surface area contributed by atoms with Crippen LogP contribution in [0.25, 0.3) is 0 Å². The summed E-state index contributed by atoms with van der Waals surface area (Å²) in [7, 11) is 1.33. The summed E-state index contributed by atoms with van der Waals surface area (Å²) in [5.41, 5.74) is 4.57. The summed E-state index contributed by atoms with van der Waals surface area (Å²) in [6, 6.07) is 22.7. The van der Waals surface area contributed by atoms with Gasteiger partial charge in [0, 0.05) is 11.3 Å². The molecule has 0 spiro atoms. The summed E-state index contributed by atoms with van der Waals surface area (Å²) in [6.07, 6.45) is 0.672. The Labute approximate surface area is 158 Å². The van der Waals surface area contributed by atoms with Gasteiger partial charge in [-0.3, -0.25) is 4.79 Å². The highest BCUT2D eigenvalue weighted by Gasteiger charge is 2.14. The number of benzene rings is 3. The van der Waals surface area contributed by atoms with Gasteiger partial charge in [0.25, 0.3) is 5.91 Å². The van der Waals surface area contributed by atoms with E-state index in [9.17, 15) is 9.59 Å². The first-order valence-electron chi connectivity index (χ1n) is 8.70. The van der Waals surface area contributed by atoms with E-state index < -0.39 is 5.97 Å². The van der Waals surface area contributed by atoms with Gasteiger partial charge in [0.1, 0.15) is 0 Å². The average Bonchev–Trinajstić information content (AvgIpc) is 2.70. The normalized spacial score (nSPS) is 10.3. The van der Waals surface area contributed by atoms with Crippen LogP contribution in [0.4, 0.5) is 5.69 Å². The van der Waals surface area contributed by atoms with Crippen molar-refractivity contribution in [1.82, 2.24) is 0 Å². The number of anilines is 1. The lowest BCUT2D eigenvalue weighted by atomic mass is 9.99. The van der Waals surface area contributed by atoms with Crippen LogP contribution in [0.3, 0.4) is 0 Å². The average molecular weight is 359 g/mol. The Bertz CT molecular complexity index is 964. The first-order valence-corrected chi connectivity index (χ1v) is 8.70. The summed E-state index contributed by atoms with van der Waals surface area (Å²) in [5.74, 6) is -0.637. The van der Waals surface area contributed by atoms with E-state index in [1.54, 1.807) is 18.2 Å². The predicted octanol–water partition coefficient (Wildman–Crippen LogP) is 4.62. The third-order valence-electron chi connectivity index (χ3n) is 4.41. The van der Waals surface area contributed by atoms with Gasteiger partial charge in [-0.15, -0.1) is 0 Å². The highest BCUT2D eigenvalue weighted by molar-refractivity contribution is 6.06. The van der Waals surface area contributed by atoms with Crippen molar-refractivity contribution in [2.24, 2.45) is 0 Å². The molecule has 3 aromatic carbocycles. The summed E-state index contributed by atoms with van der Waals surface area (Å²) in [5, 5.41) is 2.93. The van der Waals surface area contributed by atoms with Gasteiger partial charge in [-0.2, -0.15) is 0 Å². The minimum absolute atomic E-state index is 0.202. The van der Waals surface area contributed by atoms with Gasteiger partial charge in [0.05, 0.1) is 12.7 Å². The maximum absolute atomic E-state index is 12.9. The third-order valence-corrected chi connectivity index (χ3v) is 4.41. The van der Waals surface area contributed by atoms with Crippen molar-refractivity contribution in [3.63, 3.8) is 0 Å². The van der Waals surface area contributed by atoms with Gasteiger partial charge < -0.3 is 10.1 Å². The minimum Gasteiger partial charge on any atom is -0.465 e. The molecule has 0 radical (unpaired) electrons. The van der Waals surface area contributed by atoms with Crippen LogP contribution in [0.5, 0.6) is 0 Å². The van der Waals surface area contributed by atoms with E-state index in [0.29, 0.717) is 23.2 Å². The molecule has 0 aliphatic carbocycles. The number of amides is 1. The number of ether oxygens (including phenoxy) is 1. The maximum Gasteiger partial charge on any atom is 0.337 e. The van der Waals surface area contributed by atoms with Gasteiger partial charge in [-0.25, -0.2) is 4.79 Å². The van der Waals surface area contributed by atoms with E-state index in [4.69, 9.17) is 4.74 Å². The smallest absolute Gasteiger partial charge is 0.337 e. The molecule has 0 saturated carbocycles. The molecule has 0 saturated heterocycles. The summed E-state index contributed by atoms with van der Waals surface area (Å²) in [4.78, 5) is 24.7. The molecular weight excluding hydrogens is 338 g/mol. The lowest BCUT2D eigenvalue weighted by Crippen LogP contribution is -2.16. The lowest BCUT2D eigenvalue weighted by Gasteiger charge is -2.13. The zero-order valence-electron chi connectivity index (χ0n) is 15.4. The third kappa shape index (κ3) is 4.42. The molecule has 27 heavy (non-hydrogen) atoms. The Morgan fingerprint density at radius 1 is 0.926 bits per heavy atom. The molecule has 3 rings (SSSR count). The van der Waals surface area contributed by atoms with E-state index >= 15 is 0 Å². The molecule has 0 bridgehead atoms. The molecule has 0 aliphatic heterocycles. The first kappa shape index (κ1) is 18.4. The van der Waals surface area contributed by atoms with Crippen LogP contribution in [0.1, 0.15) is 37.4 Å². The molecule has 0 aromatic heterocycles. The maximum atomic E-state index is 12.9. The fourth-order valence-corrected chi connectivity index (χ4v) is 2.90. The second-order valence-corrected chi connectivity index (χ2v) is 6.29. The number of esters is 1. The molecule has 1 N–H and O–H groups in total. The second-order valence-electron chi connectivity index (χ2n) is 6.29. The van der Waals surface area contributed by atoms with E-state index in [1.165, 1.54) is 7.11 Å². The molecule has 0 fully saturated rings. The highest BCUT2D eigenvalue weighted by atomic mass is 16.5. The number of carbonyl (C=O) groups excluding carboxylic acids is 2. The number of nitrogens with one attached hydrogen (secondary N) is 1. The molecule has 136 valence electrons. The summed E-state index contributed by atoms with van der Waals surface area (Å²) >= 11 is 0. The number of carbonyl (C=O) groups is 2. The Kier molecular flexibility index (Phi) is 5.67. The summed E-state index contributed by atoms with van der Waals surface area (Å²) in [6.45, 7) is 1.88. The van der Waals surface area contributed by atoms with Crippen LogP contribution in [0.2, 0.25) is 0 Å². The Morgan fingerprint density at radius 2 is 1.63 bits per heavy atom. The van der Waals surface area contributed by atoms with E-state index in [-0.39, 0.29) is 5.91 Å². The number of hydrogen-bond acceptors (Lipinski definition) is 3. The number of aryl methyl sites for hydroxylation is 1. The van der Waals surface area contributed by atoms with Gasteiger partial charge in [-0.05, 0) is 48.2 Å². The van der Waals surface area contributed by atoms with E-state index in [0.717, 1.165) is 16.7 Å². The van der Waals surface area contributed by atoms with Gasteiger partial charge in [0.15, 0.2) is 0 Å². The Morgan fingerprint density at radius 3 is 2.37 bits per heavy atom. The van der Waals surface area contributed by atoms with Gasteiger partial charge in [-0.1, -0.05) is 54.6 Å². The number of hydrogen-bond donors (Lipinski definition) is 1. The van der Waals surface area contributed by atoms with Crippen molar-refractivity contribution in [3.8, 4) is 0 Å². The zero-order valence-corrected chi connectivity index (χ0v) is 15.4. The molecule has 0 aliphatic rings. The van der Waals surface area contributed by atoms with Gasteiger partial charge >= 0.3 is 5.97 Å². The Hall–Kier alpha value is -3.40. The Balaban J connectivity index is 1.86. The standard InChI is InChI=1S/C23H21NO3/c1-16-12-13-19(23(26)27-2)15-21(16)24-22(25)20-11-7-6-10-18(20)14-17-8-4-3-5-9-17/h3-13,15H,14H2,1-2H3,(H,24,25). The van der Waals surface area contributed by atoms with Crippen LogP contribution in [0.15, 0.2) is 72.8 Å². The van der Waals surface area contributed by atoms with Crippen molar-refractivity contribution >= 4 is 17.6 Å². The highest BCUT2D eigenvalue weighted by Crippen LogP contribution is 2.21. The van der Waals surface area contributed by atoms with Crippen LogP contribution in [-0.2, 0) is 11.2 Å². The van der Waals surface area contributed by atoms with Crippen molar-refractivity contribution in [3.05, 3.63) is 101 Å². The SMILES string of the molecule is COC(=O)c1ccc(C)c(NC(=O)c2ccccc2Cc2ccccc2)c1. The minimum atomic E-state index is -0.435. The predicted molar refractivity (Wildman–Crippen MR) is 106 cm³/mol. The van der Waals surface area contributed by atoms with Crippen molar-refractivity contribution < 1.29 is 14.3 Å². The monoisotopic (exact) mass is 359 g/mol. The molecule has 4 heteroatoms. The number of methoxy groups -OCH3 is 1. The van der Waals surface area contributed by atoms with Crippen molar-refractivity contribution in [1.29, 1.82) is 0 Å². The number of rotatable bonds is 5. The summed E-state index contributed by atoms with van der Waals surface area (Å²) < 4.78 is 4.75. The van der Waals surface area contributed by atoms with Crippen LogP contribution in [-0.4, -0.2) is 19.0 Å². The molecule has 0 atom stereocenters. The van der Waals surface area contributed by atoms with Crippen molar-refractivity contribution in [2.45, 2.75) is 13.3 Å². The van der Waals surface area contributed by atoms with Crippen molar-refractivity contribution in [2.75, 3.05) is 12.4 Å². The molecule has 1 amide bonds. The molecular formula is C23H21NO3. The fourth-order valence-electron chi connectivity index (χ4n) is 2.90. The molecule has 3 aromatic rings. The zero-order chi connectivity index (χ0) is 19.2. The largest absolute Gasteiger partial charge is 0.465 e. The quantitative estimate of drug-likeness (QED) is 0.676.